The van der Waals surface area contributed by atoms with E-state index in [0.717, 1.165) is 12.2 Å². The molecule has 3 aromatic rings. The molecule has 0 aliphatic carbocycles. The first-order chi connectivity index (χ1) is 13.5. The number of benzene rings is 1. The summed E-state index contributed by atoms with van der Waals surface area (Å²) in [5.74, 6) is 0.891. The molecule has 0 bridgehead atoms. The molecule has 0 aliphatic heterocycles. The molecule has 148 valence electrons. The van der Waals surface area contributed by atoms with Crippen LogP contribution in [0.5, 0.6) is 0 Å². The number of amides is 1. The Bertz CT molecular complexity index is 951. The van der Waals surface area contributed by atoms with Crippen LogP contribution in [0.15, 0.2) is 40.8 Å². The van der Waals surface area contributed by atoms with Crippen LogP contribution < -0.4 is 5.32 Å². The molecule has 0 fully saturated rings. The summed E-state index contributed by atoms with van der Waals surface area (Å²) in [5.41, 5.74) is 0.257. The molecule has 1 unspecified atom stereocenters. The Kier molecular flexibility index (Phi) is 6.20. The Balaban J connectivity index is 1.89. The number of rotatable bonds is 8. The van der Waals surface area contributed by atoms with Crippen molar-refractivity contribution in [3.63, 3.8) is 0 Å². The number of hydrogen-bond acceptors (Lipinski definition) is 5. The second-order valence-electron chi connectivity index (χ2n) is 6.39. The maximum atomic E-state index is 14.2. The van der Waals surface area contributed by atoms with Crippen molar-refractivity contribution < 1.29 is 18.3 Å². The van der Waals surface area contributed by atoms with Gasteiger partial charge >= 0.3 is 0 Å². The van der Waals surface area contributed by atoms with Crippen molar-refractivity contribution in [1.29, 1.82) is 0 Å². The molecule has 28 heavy (non-hydrogen) atoms. The lowest BCUT2D eigenvalue weighted by atomic mass is 10.2. The van der Waals surface area contributed by atoms with Crippen LogP contribution in [0.2, 0.25) is 0 Å². The van der Waals surface area contributed by atoms with Gasteiger partial charge in [-0.3, -0.25) is 4.79 Å². The van der Waals surface area contributed by atoms with E-state index in [4.69, 9.17) is 9.15 Å². The van der Waals surface area contributed by atoms with Crippen molar-refractivity contribution in [3.8, 4) is 5.69 Å². The molecular formula is C20H23FN4O3. The molecule has 1 amide bonds. The predicted octanol–water partition coefficient (Wildman–Crippen LogP) is 3.38. The molecule has 1 atom stereocenters. The summed E-state index contributed by atoms with van der Waals surface area (Å²) in [6.45, 7) is 4.03. The van der Waals surface area contributed by atoms with Crippen LogP contribution in [0.4, 0.5) is 4.39 Å². The van der Waals surface area contributed by atoms with Gasteiger partial charge in [0.15, 0.2) is 0 Å². The fraction of sp³-hybridized carbons (Fsp3) is 0.350. The Labute approximate surface area is 162 Å². The number of aryl methyl sites for hydroxylation is 2. The molecule has 0 spiro atoms. The van der Waals surface area contributed by atoms with Crippen LogP contribution in [0.3, 0.4) is 0 Å². The molecular weight excluding hydrogens is 363 g/mol. The first kappa shape index (κ1) is 19.8. The zero-order valence-electron chi connectivity index (χ0n) is 16.1. The van der Waals surface area contributed by atoms with Crippen molar-refractivity contribution in [2.45, 2.75) is 32.7 Å². The number of nitrogens with one attached hydrogen (secondary N) is 1. The summed E-state index contributed by atoms with van der Waals surface area (Å²) in [4.78, 5) is 17.1. The van der Waals surface area contributed by atoms with Crippen LogP contribution >= 0.6 is 0 Å². The van der Waals surface area contributed by atoms with Crippen LogP contribution in [0, 0.1) is 12.7 Å². The van der Waals surface area contributed by atoms with Crippen LogP contribution in [-0.4, -0.2) is 34.4 Å². The van der Waals surface area contributed by atoms with Crippen LogP contribution in [0.1, 0.15) is 47.4 Å². The van der Waals surface area contributed by atoms with E-state index in [1.165, 1.54) is 10.7 Å². The van der Waals surface area contributed by atoms with Gasteiger partial charge in [0.05, 0.1) is 6.61 Å². The van der Waals surface area contributed by atoms with E-state index in [1.807, 2.05) is 19.9 Å². The Morgan fingerprint density at radius 3 is 2.75 bits per heavy atom. The maximum Gasteiger partial charge on any atom is 0.291 e. The summed E-state index contributed by atoms with van der Waals surface area (Å²) in [6, 6.07) is 9.38. The average molecular weight is 386 g/mol. The van der Waals surface area contributed by atoms with Crippen molar-refractivity contribution in [2.24, 2.45) is 0 Å². The minimum absolute atomic E-state index is 0.0314. The number of carbonyl (C=O) groups excluding carboxylic acids is 1. The Hall–Kier alpha value is -3.00. The third kappa shape index (κ3) is 4.28. The number of carbonyl (C=O) groups is 1. The first-order valence-corrected chi connectivity index (χ1v) is 9.10. The summed E-state index contributed by atoms with van der Waals surface area (Å²) in [7, 11) is 1.54. The van der Waals surface area contributed by atoms with E-state index < -0.39 is 17.8 Å². The molecule has 0 saturated carbocycles. The van der Waals surface area contributed by atoms with Crippen LogP contribution in [0.25, 0.3) is 5.69 Å². The molecule has 7 nitrogen and oxygen atoms in total. The topological polar surface area (TPSA) is 82.2 Å². The van der Waals surface area contributed by atoms with E-state index in [-0.39, 0.29) is 18.1 Å². The van der Waals surface area contributed by atoms with Crippen molar-refractivity contribution in [3.05, 3.63) is 65.4 Å². The lowest BCUT2D eigenvalue weighted by Crippen LogP contribution is -2.32. The Morgan fingerprint density at radius 2 is 2.11 bits per heavy atom. The van der Waals surface area contributed by atoms with Crippen molar-refractivity contribution >= 4 is 5.91 Å². The quantitative estimate of drug-likeness (QED) is 0.642. The van der Waals surface area contributed by atoms with Gasteiger partial charge in [0, 0.05) is 13.5 Å². The number of aromatic nitrogens is 3. The van der Waals surface area contributed by atoms with Gasteiger partial charge in [-0.2, -0.15) is 0 Å². The van der Waals surface area contributed by atoms with E-state index in [1.54, 1.807) is 31.4 Å². The van der Waals surface area contributed by atoms with Gasteiger partial charge in [-0.05, 0) is 37.6 Å². The van der Waals surface area contributed by atoms with E-state index in [0.29, 0.717) is 18.0 Å². The van der Waals surface area contributed by atoms with Gasteiger partial charge in [0.2, 0.25) is 5.82 Å². The number of furan rings is 1. The van der Waals surface area contributed by atoms with Gasteiger partial charge in [0.1, 0.15) is 34.9 Å². The highest BCUT2D eigenvalue weighted by Gasteiger charge is 2.23. The Morgan fingerprint density at radius 1 is 1.32 bits per heavy atom. The molecule has 3 rings (SSSR count). The molecule has 0 radical (unpaired) electrons. The molecule has 1 N–H and O–H groups in total. The maximum absolute atomic E-state index is 14.2. The molecule has 0 saturated heterocycles. The lowest BCUT2D eigenvalue weighted by molar-refractivity contribution is 0.0872. The number of nitrogens with zero attached hydrogens (tertiary/aromatic N) is 3. The number of halogens is 1. The average Bonchev–Trinajstić information content (AvgIpc) is 3.29. The number of para-hydroxylation sites is 1. The fourth-order valence-corrected chi connectivity index (χ4v) is 2.87. The predicted molar refractivity (Wildman–Crippen MR) is 101 cm³/mol. The third-order valence-corrected chi connectivity index (χ3v) is 4.17. The second-order valence-corrected chi connectivity index (χ2v) is 6.39. The molecule has 0 aliphatic rings. The molecule has 8 heteroatoms. The van der Waals surface area contributed by atoms with Gasteiger partial charge in [-0.25, -0.2) is 14.1 Å². The normalized spacial score (nSPS) is 12.1. The zero-order chi connectivity index (χ0) is 20.1. The summed E-state index contributed by atoms with van der Waals surface area (Å²) < 4.78 is 26.4. The third-order valence-electron chi connectivity index (χ3n) is 4.17. The summed E-state index contributed by atoms with van der Waals surface area (Å²) >= 11 is 0. The second kappa shape index (κ2) is 8.79. The molecule has 2 heterocycles. The minimum atomic E-state index is -0.485. The summed E-state index contributed by atoms with van der Waals surface area (Å²) in [5, 5.41) is 7.08. The monoisotopic (exact) mass is 386 g/mol. The highest BCUT2D eigenvalue weighted by atomic mass is 19.1. The zero-order valence-corrected chi connectivity index (χ0v) is 16.1. The van der Waals surface area contributed by atoms with Crippen molar-refractivity contribution in [1.82, 2.24) is 20.1 Å². The van der Waals surface area contributed by atoms with Crippen LogP contribution in [-0.2, 0) is 11.2 Å². The SMILES string of the molecule is CCCc1nc(C(=O)NC(COC)c2ccc(C)o2)nn1-c1ccccc1F. The smallest absolute Gasteiger partial charge is 0.291 e. The highest BCUT2D eigenvalue weighted by molar-refractivity contribution is 5.90. The van der Waals surface area contributed by atoms with E-state index >= 15 is 0 Å². The van der Waals surface area contributed by atoms with E-state index in [2.05, 4.69) is 15.4 Å². The fourth-order valence-electron chi connectivity index (χ4n) is 2.87. The summed E-state index contributed by atoms with van der Waals surface area (Å²) in [6.07, 6.45) is 1.35. The standard InChI is InChI=1S/C20H23FN4O3/c1-4-7-18-23-19(24-25(18)16-9-6-5-8-14(16)21)20(26)22-15(12-27-3)17-11-10-13(2)28-17/h5-6,8-11,15H,4,7,12H2,1-3H3,(H,22,26). The highest BCUT2D eigenvalue weighted by Crippen LogP contribution is 2.18. The largest absolute Gasteiger partial charge is 0.464 e. The van der Waals surface area contributed by atoms with Gasteiger partial charge < -0.3 is 14.5 Å². The number of hydrogen-bond donors (Lipinski definition) is 1. The van der Waals surface area contributed by atoms with Crippen molar-refractivity contribution in [2.75, 3.05) is 13.7 Å². The van der Waals surface area contributed by atoms with E-state index in [9.17, 15) is 9.18 Å². The number of methoxy groups -OCH3 is 1. The van der Waals surface area contributed by atoms with Gasteiger partial charge in [-0.15, -0.1) is 5.10 Å². The molecule has 1 aromatic carbocycles. The first-order valence-electron chi connectivity index (χ1n) is 9.10. The minimum Gasteiger partial charge on any atom is -0.464 e. The number of ether oxygens (including phenoxy) is 1. The van der Waals surface area contributed by atoms with Gasteiger partial charge in [0.25, 0.3) is 5.91 Å². The van der Waals surface area contributed by atoms with Gasteiger partial charge in [-0.1, -0.05) is 19.1 Å². The lowest BCUT2D eigenvalue weighted by Gasteiger charge is -2.14. The molecule has 2 aromatic heterocycles.